The van der Waals surface area contributed by atoms with Crippen LogP contribution in [0.4, 0.5) is 0 Å². The van der Waals surface area contributed by atoms with E-state index in [2.05, 4.69) is 29.5 Å². The fourth-order valence-electron chi connectivity index (χ4n) is 1.69. The van der Waals surface area contributed by atoms with Gasteiger partial charge in [-0.2, -0.15) is 0 Å². The average Bonchev–Trinajstić information content (AvgIpc) is 2.82. The highest BCUT2D eigenvalue weighted by molar-refractivity contribution is 7.09. The van der Waals surface area contributed by atoms with Crippen LogP contribution in [0.15, 0.2) is 15.9 Å². The third kappa shape index (κ3) is 2.96. The predicted molar refractivity (Wildman–Crippen MR) is 71.3 cm³/mol. The molecule has 0 saturated carbocycles. The molecular formula is C13H18N2OS. The second-order valence-electron chi connectivity index (χ2n) is 4.49. The van der Waals surface area contributed by atoms with Crippen LogP contribution in [0.1, 0.15) is 30.4 Å². The Morgan fingerprint density at radius 3 is 2.76 bits per heavy atom. The summed E-state index contributed by atoms with van der Waals surface area (Å²) in [6, 6.07) is 2.53. The van der Waals surface area contributed by atoms with Gasteiger partial charge in [0.1, 0.15) is 16.5 Å². The maximum absolute atomic E-state index is 5.53. The summed E-state index contributed by atoms with van der Waals surface area (Å²) >= 11 is 1.69. The van der Waals surface area contributed by atoms with Crippen molar-refractivity contribution in [1.82, 2.24) is 10.3 Å². The molecule has 0 bridgehead atoms. The number of hydrogen-bond acceptors (Lipinski definition) is 4. The van der Waals surface area contributed by atoms with Gasteiger partial charge in [0.2, 0.25) is 0 Å². The van der Waals surface area contributed by atoms with Crippen molar-refractivity contribution in [3.63, 3.8) is 0 Å². The standard InChI is InChI=1S/C13H18N2OS/c1-8(2)14-6-13-15-12(7-17-13)11-5-9(3)16-10(11)4/h5,7-8,14H,6H2,1-4H3. The summed E-state index contributed by atoms with van der Waals surface area (Å²) in [6.45, 7) is 9.05. The minimum absolute atomic E-state index is 0.486. The van der Waals surface area contributed by atoms with Gasteiger partial charge < -0.3 is 9.73 Å². The molecule has 0 saturated heterocycles. The average molecular weight is 250 g/mol. The van der Waals surface area contributed by atoms with Crippen molar-refractivity contribution in [3.8, 4) is 11.3 Å². The highest BCUT2D eigenvalue weighted by Gasteiger charge is 2.11. The molecule has 0 radical (unpaired) electrons. The van der Waals surface area contributed by atoms with Crippen LogP contribution in [-0.4, -0.2) is 11.0 Å². The van der Waals surface area contributed by atoms with Crippen molar-refractivity contribution in [2.24, 2.45) is 0 Å². The van der Waals surface area contributed by atoms with E-state index in [1.165, 1.54) is 0 Å². The zero-order chi connectivity index (χ0) is 12.4. The lowest BCUT2D eigenvalue weighted by Crippen LogP contribution is -2.21. The zero-order valence-corrected chi connectivity index (χ0v) is 11.5. The van der Waals surface area contributed by atoms with Crippen molar-refractivity contribution in [1.29, 1.82) is 0 Å². The highest BCUT2D eigenvalue weighted by atomic mass is 32.1. The lowest BCUT2D eigenvalue weighted by Gasteiger charge is -2.04. The molecule has 0 aromatic carbocycles. The molecular weight excluding hydrogens is 232 g/mol. The highest BCUT2D eigenvalue weighted by Crippen LogP contribution is 2.27. The molecule has 0 amide bonds. The minimum atomic E-state index is 0.486. The van der Waals surface area contributed by atoms with E-state index in [0.717, 1.165) is 34.3 Å². The van der Waals surface area contributed by atoms with Gasteiger partial charge >= 0.3 is 0 Å². The molecule has 0 unspecified atom stereocenters. The van der Waals surface area contributed by atoms with E-state index < -0.39 is 0 Å². The van der Waals surface area contributed by atoms with E-state index >= 15 is 0 Å². The molecule has 2 aromatic rings. The molecule has 1 N–H and O–H groups in total. The van der Waals surface area contributed by atoms with Gasteiger partial charge in [-0.3, -0.25) is 0 Å². The molecule has 0 fully saturated rings. The van der Waals surface area contributed by atoms with Crippen molar-refractivity contribution in [3.05, 3.63) is 28.0 Å². The first-order valence-corrected chi connectivity index (χ1v) is 6.69. The number of rotatable bonds is 4. The van der Waals surface area contributed by atoms with Crippen LogP contribution in [0.25, 0.3) is 11.3 Å². The van der Waals surface area contributed by atoms with Gasteiger partial charge in [0.25, 0.3) is 0 Å². The molecule has 4 heteroatoms. The van der Waals surface area contributed by atoms with Gasteiger partial charge in [-0.15, -0.1) is 11.3 Å². The second-order valence-corrected chi connectivity index (χ2v) is 5.43. The van der Waals surface area contributed by atoms with Crippen LogP contribution in [0, 0.1) is 13.8 Å². The third-order valence-electron chi connectivity index (χ3n) is 2.53. The SMILES string of the molecule is Cc1cc(-c2csc(CNC(C)C)n2)c(C)o1. The lowest BCUT2D eigenvalue weighted by atomic mass is 10.2. The molecule has 0 atom stereocenters. The van der Waals surface area contributed by atoms with Crippen LogP contribution in [0.3, 0.4) is 0 Å². The quantitative estimate of drug-likeness (QED) is 0.902. The summed E-state index contributed by atoms with van der Waals surface area (Å²) in [5.74, 6) is 1.88. The summed E-state index contributed by atoms with van der Waals surface area (Å²) in [4.78, 5) is 4.62. The van der Waals surface area contributed by atoms with Crippen LogP contribution in [-0.2, 0) is 6.54 Å². The maximum Gasteiger partial charge on any atom is 0.110 e. The van der Waals surface area contributed by atoms with E-state index in [-0.39, 0.29) is 0 Å². The Kier molecular flexibility index (Phi) is 3.64. The van der Waals surface area contributed by atoms with Crippen LogP contribution in [0.2, 0.25) is 0 Å². The topological polar surface area (TPSA) is 38.1 Å². The fourth-order valence-corrected chi connectivity index (χ4v) is 2.44. The molecule has 2 aromatic heterocycles. The lowest BCUT2D eigenvalue weighted by molar-refractivity contribution is 0.505. The van der Waals surface area contributed by atoms with Crippen molar-refractivity contribution in [2.45, 2.75) is 40.3 Å². The number of furan rings is 1. The first-order chi connectivity index (χ1) is 8.06. The zero-order valence-electron chi connectivity index (χ0n) is 10.7. The number of nitrogens with zero attached hydrogens (tertiary/aromatic N) is 1. The Balaban J connectivity index is 2.15. The smallest absolute Gasteiger partial charge is 0.110 e. The first kappa shape index (κ1) is 12.3. The molecule has 0 aliphatic heterocycles. The van der Waals surface area contributed by atoms with E-state index in [4.69, 9.17) is 4.42 Å². The Morgan fingerprint density at radius 1 is 1.41 bits per heavy atom. The summed E-state index contributed by atoms with van der Waals surface area (Å²) in [5.41, 5.74) is 2.12. The predicted octanol–water partition coefficient (Wildman–Crippen LogP) is 3.52. The van der Waals surface area contributed by atoms with E-state index in [9.17, 15) is 0 Å². The molecule has 0 aliphatic rings. The van der Waals surface area contributed by atoms with Crippen molar-refractivity contribution >= 4 is 11.3 Å². The van der Waals surface area contributed by atoms with Crippen molar-refractivity contribution in [2.75, 3.05) is 0 Å². The molecule has 0 spiro atoms. The summed E-state index contributed by atoms with van der Waals surface area (Å²) in [7, 11) is 0. The third-order valence-corrected chi connectivity index (χ3v) is 3.38. The van der Waals surface area contributed by atoms with Gasteiger partial charge in [0.05, 0.1) is 5.69 Å². The van der Waals surface area contributed by atoms with Crippen molar-refractivity contribution < 1.29 is 4.42 Å². The van der Waals surface area contributed by atoms with Gasteiger partial charge in [0.15, 0.2) is 0 Å². The van der Waals surface area contributed by atoms with Crippen LogP contribution < -0.4 is 5.32 Å². The minimum Gasteiger partial charge on any atom is -0.466 e. The number of aryl methyl sites for hydroxylation is 2. The van der Waals surface area contributed by atoms with Gasteiger partial charge in [-0.1, -0.05) is 13.8 Å². The Bertz CT molecular complexity index is 499. The number of thiazole rings is 1. The monoisotopic (exact) mass is 250 g/mol. The van der Waals surface area contributed by atoms with E-state index in [1.807, 2.05) is 19.9 Å². The Morgan fingerprint density at radius 2 is 2.18 bits per heavy atom. The number of nitrogens with one attached hydrogen (secondary N) is 1. The molecule has 2 heterocycles. The van der Waals surface area contributed by atoms with Gasteiger partial charge in [0, 0.05) is 23.5 Å². The second kappa shape index (κ2) is 5.02. The number of aromatic nitrogens is 1. The molecule has 17 heavy (non-hydrogen) atoms. The molecule has 2 rings (SSSR count). The maximum atomic E-state index is 5.53. The molecule has 3 nitrogen and oxygen atoms in total. The van der Waals surface area contributed by atoms with E-state index in [0.29, 0.717) is 6.04 Å². The van der Waals surface area contributed by atoms with Crippen LogP contribution in [0.5, 0.6) is 0 Å². The number of hydrogen-bond donors (Lipinski definition) is 1. The summed E-state index contributed by atoms with van der Waals surface area (Å²) < 4.78 is 5.53. The first-order valence-electron chi connectivity index (χ1n) is 5.81. The largest absolute Gasteiger partial charge is 0.466 e. The van der Waals surface area contributed by atoms with Crippen LogP contribution >= 0.6 is 11.3 Å². The summed E-state index contributed by atoms with van der Waals surface area (Å²) in [5, 5.41) is 6.58. The normalized spacial score (nSPS) is 11.4. The molecule has 92 valence electrons. The van der Waals surface area contributed by atoms with E-state index in [1.54, 1.807) is 11.3 Å². The molecule has 0 aliphatic carbocycles. The fraction of sp³-hybridized carbons (Fsp3) is 0.462. The summed E-state index contributed by atoms with van der Waals surface area (Å²) in [6.07, 6.45) is 0. The van der Waals surface area contributed by atoms with Gasteiger partial charge in [-0.05, 0) is 19.9 Å². The Hall–Kier alpha value is -1.13. The Labute approximate surface area is 106 Å². The van der Waals surface area contributed by atoms with Gasteiger partial charge in [-0.25, -0.2) is 4.98 Å².